The largest absolute Gasteiger partial charge is 0.371 e. The minimum absolute atomic E-state index is 0.266. The summed E-state index contributed by atoms with van der Waals surface area (Å²) in [6.45, 7) is 1.83. The Labute approximate surface area is 115 Å². The van der Waals surface area contributed by atoms with Gasteiger partial charge in [-0.3, -0.25) is 0 Å². The molecule has 1 aliphatic rings. The predicted octanol–water partition coefficient (Wildman–Crippen LogP) is 3.30. The highest BCUT2D eigenvalue weighted by atomic mass is 127. The van der Waals surface area contributed by atoms with Crippen LogP contribution < -0.4 is 5.32 Å². The Kier molecular flexibility index (Phi) is 5.06. The summed E-state index contributed by atoms with van der Waals surface area (Å²) in [5.74, 6) is 0. The van der Waals surface area contributed by atoms with Gasteiger partial charge in [-0.15, -0.1) is 11.3 Å². The maximum absolute atomic E-state index is 5.95. The molecule has 0 aromatic carbocycles. The van der Waals surface area contributed by atoms with E-state index in [1.807, 2.05) is 18.4 Å². The van der Waals surface area contributed by atoms with Crippen LogP contribution in [0.2, 0.25) is 0 Å². The van der Waals surface area contributed by atoms with Crippen LogP contribution in [0.3, 0.4) is 0 Å². The topological polar surface area (TPSA) is 21.3 Å². The number of fused-ring (bicyclic) bond motifs is 1. The number of hydrogen-bond acceptors (Lipinski definition) is 3. The smallest absolute Gasteiger partial charge is 0.104 e. The minimum Gasteiger partial charge on any atom is -0.371 e. The molecular weight excluding hydrogens is 333 g/mol. The molecule has 1 aliphatic heterocycles. The molecule has 1 aromatic heterocycles. The molecule has 1 atom stereocenters. The number of alkyl halides is 1. The third kappa shape index (κ3) is 2.97. The molecule has 4 heteroatoms. The van der Waals surface area contributed by atoms with Gasteiger partial charge < -0.3 is 10.1 Å². The molecule has 0 saturated heterocycles. The van der Waals surface area contributed by atoms with Crippen LogP contribution in [0.5, 0.6) is 0 Å². The van der Waals surface area contributed by atoms with Crippen molar-refractivity contribution in [3.8, 4) is 0 Å². The van der Waals surface area contributed by atoms with E-state index in [2.05, 4.69) is 34.0 Å². The number of hydrogen-bond donors (Lipinski definition) is 1. The number of ether oxygens (including phenoxy) is 1. The zero-order valence-electron chi connectivity index (χ0n) is 9.59. The zero-order chi connectivity index (χ0) is 11.4. The van der Waals surface area contributed by atoms with Crippen LogP contribution >= 0.6 is 33.9 Å². The van der Waals surface area contributed by atoms with Crippen LogP contribution in [0.1, 0.15) is 34.3 Å². The molecule has 0 aliphatic carbocycles. The van der Waals surface area contributed by atoms with Gasteiger partial charge in [-0.05, 0) is 37.9 Å². The molecule has 0 bridgehead atoms. The summed E-state index contributed by atoms with van der Waals surface area (Å²) in [7, 11) is 1.99. The van der Waals surface area contributed by atoms with Crippen molar-refractivity contribution in [3.05, 3.63) is 21.4 Å². The van der Waals surface area contributed by atoms with Gasteiger partial charge in [0.05, 0.1) is 0 Å². The lowest BCUT2D eigenvalue weighted by Gasteiger charge is -2.20. The number of halogens is 1. The summed E-state index contributed by atoms with van der Waals surface area (Å²) < 4.78 is 7.07. The molecule has 0 saturated carbocycles. The standard InChI is InChI=1S/C12H18INOS/c1-14-8-11-12-9(4-2-3-5-15-11)6-10(7-13)16-12/h6,11,14H,2-5,7-8H2,1H3. The zero-order valence-corrected chi connectivity index (χ0v) is 12.6. The number of likely N-dealkylation sites (N-methyl/N-ethyl adjacent to an activating group) is 1. The first-order valence-electron chi connectivity index (χ1n) is 5.78. The Bertz CT molecular complexity index is 340. The Morgan fingerprint density at radius 1 is 1.56 bits per heavy atom. The van der Waals surface area contributed by atoms with Crippen molar-refractivity contribution in [3.63, 3.8) is 0 Å². The Balaban J connectivity index is 2.25. The van der Waals surface area contributed by atoms with Crippen LogP contribution in [0, 0.1) is 0 Å². The molecule has 1 N–H and O–H groups in total. The Hall–Kier alpha value is 0.350. The van der Waals surface area contributed by atoms with E-state index in [9.17, 15) is 0 Å². The fraction of sp³-hybridized carbons (Fsp3) is 0.667. The summed E-state index contributed by atoms with van der Waals surface area (Å²) >= 11 is 4.37. The van der Waals surface area contributed by atoms with Gasteiger partial charge in [0.15, 0.2) is 0 Å². The normalized spacial score (nSPS) is 21.2. The summed E-state index contributed by atoms with van der Waals surface area (Å²) in [4.78, 5) is 2.94. The third-order valence-corrected chi connectivity index (χ3v) is 5.47. The third-order valence-electron chi connectivity index (χ3n) is 2.87. The van der Waals surface area contributed by atoms with E-state index in [4.69, 9.17) is 4.74 Å². The van der Waals surface area contributed by atoms with E-state index in [1.54, 1.807) is 0 Å². The molecular formula is C12H18INOS. The first kappa shape index (κ1) is 12.8. The maximum atomic E-state index is 5.95. The molecule has 1 unspecified atom stereocenters. The Morgan fingerprint density at radius 2 is 2.44 bits per heavy atom. The molecule has 0 spiro atoms. The maximum Gasteiger partial charge on any atom is 0.104 e. The van der Waals surface area contributed by atoms with Crippen LogP contribution in [0.25, 0.3) is 0 Å². The molecule has 0 radical (unpaired) electrons. The van der Waals surface area contributed by atoms with Gasteiger partial charge in [-0.2, -0.15) is 0 Å². The first-order chi connectivity index (χ1) is 7.85. The second kappa shape index (κ2) is 6.33. The molecule has 0 amide bonds. The van der Waals surface area contributed by atoms with Crippen molar-refractivity contribution in [2.45, 2.75) is 29.8 Å². The SMILES string of the molecule is CNCC1OCCCCc2cc(CI)sc21. The van der Waals surface area contributed by atoms with Gasteiger partial charge in [-0.25, -0.2) is 0 Å². The van der Waals surface area contributed by atoms with Crippen LogP contribution in [0.15, 0.2) is 6.07 Å². The molecule has 2 heterocycles. The van der Waals surface area contributed by atoms with E-state index in [0.717, 1.165) is 17.6 Å². The van der Waals surface area contributed by atoms with E-state index < -0.39 is 0 Å². The van der Waals surface area contributed by atoms with Gasteiger partial charge >= 0.3 is 0 Å². The second-order valence-electron chi connectivity index (χ2n) is 4.11. The van der Waals surface area contributed by atoms with Crippen molar-refractivity contribution in [1.29, 1.82) is 0 Å². The molecule has 90 valence electrons. The number of thiophene rings is 1. The summed E-state index contributed by atoms with van der Waals surface area (Å²) in [6, 6.07) is 2.38. The van der Waals surface area contributed by atoms with E-state index in [-0.39, 0.29) is 6.10 Å². The summed E-state index contributed by atoms with van der Waals surface area (Å²) in [5, 5.41) is 3.23. The highest BCUT2D eigenvalue weighted by molar-refractivity contribution is 14.1. The fourth-order valence-electron chi connectivity index (χ4n) is 2.09. The lowest BCUT2D eigenvalue weighted by Crippen LogP contribution is -2.21. The minimum atomic E-state index is 0.266. The number of aryl methyl sites for hydroxylation is 1. The van der Waals surface area contributed by atoms with Crippen molar-refractivity contribution in [2.75, 3.05) is 20.2 Å². The van der Waals surface area contributed by atoms with Crippen molar-refractivity contribution in [2.24, 2.45) is 0 Å². The fourth-order valence-corrected chi connectivity index (χ4v) is 3.89. The van der Waals surface area contributed by atoms with Crippen molar-refractivity contribution in [1.82, 2.24) is 5.32 Å². The molecule has 16 heavy (non-hydrogen) atoms. The van der Waals surface area contributed by atoms with E-state index in [0.29, 0.717) is 0 Å². The highest BCUT2D eigenvalue weighted by Gasteiger charge is 2.20. The van der Waals surface area contributed by atoms with Crippen LogP contribution in [-0.4, -0.2) is 20.2 Å². The lowest BCUT2D eigenvalue weighted by atomic mass is 10.0. The summed E-state index contributed by atoms with van der Waals surface area (Å²) in [5.41, 5.74) is 1.52. The van der Waals surface area contributed by atoms with E-state index in [1.165, 1.54) is 34.6 Å². The van der Waals surface area contributed by atoms with E-state index >= 15 is 0 Å². The molecule has 2 rings (SSSR count). The highest BCUT2D eigenvalue weighted by Crippen LogP contribution is 2.34. The lowest BCUT2D eigenvalue weighted by molar-refractivity contribution is 0.0503. The number of rotatable bonds is 3. The van der Waals surface area contributed by atoms with Gasteiger partial charge in [0, 0.05) is 27.3 Å². The number of nitrogens with one attached hydrogen (secondary N) is 1. The van der Waals surface area contributed by atoms with Crippen LogP contribution in [0.4, 0.5) is 0 Å². The molecule has 0 fully saturated rings. The Morgan fingerprint density at radius 3 is 3.19 bits per heavy atom. The summed E-state index contributed by atoms with van der Waals surface area (Å²) in [6.07, 6.45) is 3.94. The van der Waals surface area contributed by atoms with Gasteiger partial charge in [0.2, 0.25) is 0 Å². The average Bonchev–Trinajstić information content (AvgIpc) is 2.67. The monoisotopic (exact) mass is 351 g/mol. The van der Waals surface area contributed by atoms with Gasteiger partial charge in [0.1, 0.15) is 6.10 Å². The molecule has 2 nitrogen and oxygen atoms in total. The van der Waals surface area contributed by atoms with Crippen molar-refractivity contribution < 1.29 is 4.74 Å². The average molecular weight is 351 g/mol. The predicted molar refractivity (Wildman–Crippen MR) is 77.6 cm³/mol. The first-order valence-corrected chi connectivity index (χ1v) is 8.13. The van der Waals surface area contributed by atoms with Crippen LogP contribution in [-0.2, 0) is 15.6 Å². The van der Waals surface area contributed by atoms with Crippen molar-refractivity contribution >= 4 is 33.9 Å². The van der Waals surface area contributed by atoms with Gasteiger partial charge in [-0.1, -0.05) is 22.6 Å². The molecule has 1 aromatic rings. The van der Waals surface area contributed by atoms with Gasteiger partial charge in [0.25, 0.3) is 0 Å². The quantitative estimate of drug-likeness (QED) is 0.667. The second-order valence-corrected chi connectivity index (χ2v) is 6.04.